The summed E-state index contributed by atoms with van der Waals surface area (Å²) in [7, 11) is 0. The number of hydrogen-bond acceptors (Lipinski definition) is 3. The van der Waals surface area contributed by atoms with Gasteiger partial charge in [-0.25, -0.2) is 8.78 Å². The van der Waals surface area contributed by atoms with Crippen molar-refractivity contribution in [2.75, 3.05) is 11.9 Å². The summed E-state index contributed by atoms with van der Waals surface area (Å²) in [6, 6.07) is 4.96. The van der Waals surface area contributed by atoms with Crippen molar-refractivity contribution in [3.63, 3.8) is 0 Å². The van der Waals surface area contributed by atoms with E-state index in [1.807, 2.05) is 6.07 Å². The molecule has 1 amide bonds. The number of nitrogens with zero attached hydrogens (tertiary/aromatic N) is 1. The number of hydrogen-bond donors (Lipinski definition) is 2. The molecule has 0 spiro atoms. The molecule has 0 radical (unpaired) electrons. The quantitative estimate of drug-likeness (QED) is 0.800. The average molecular weight is 389 g/mol. The highest BCUT2D eigenvalue weighted by molar-refractivity contribution is 5.91. The molecule has 2 fully saturated rings. The van der Waals surface area contributed by atoms with Crippen molar-refractivity contribution in [3.05, 3.63) is 47.2 Å². The number of carbonyl (C=O) groups excluding carboxylic acids is 1. The van der Waals surface area contributed by atoms with Crippen LogP contribution in [0, 0.1) is 17.6 Å². The molecule has 1 saturated carbocycles. The number of rotatable bonds is 5. The van der Waals surface area contributed by atoms with Gasteiger partial charge >= 0.3 is 0 Å². The van der Waals surface area contributed by atoms with E-state index in [-0.39, 0.29) is 17.9 Å². The van der Waals surface area contributed by atoms with Crippen molar-refractivity contribution in [3.8, 4) is 0 Å². The second-order valence-electron chi connectivity index (χ2n) is 7.89. The maximum atomic E-state index is 13.2. The van der Waals surface area contributed by atoms with E-state index in [0.29, 0.717) is 23.8 Å². The number of amides is 1. The third-order valence-corrected chi connectivity index (χ3v) is 5.81. The molecule has 150 valence electrons. The van der Waals surface area contributed by atoms with Crippen LogP contribution in [-0.2, 0) is 16.0 Å². The average Bonchev–Trinajstić information content (AvgIpc) is 3.31. The summed E-state index contributed by atoms with van der Waals surface area (Å²) in [5.74, 6) is -0.317. The van der Waals surface area contributed by atoms with Gasteiger partial charge in [-0.15, -0.1) is 0 Å². The Morgan fingerprint density at radius 1 is 1.14 bits per heavy atom. The molecule has 1 aromatic heterocycles. The first kappa shape index (κ1) is 19.1. The van der Waals surface area contributed by atoms with Gasteiger partial charge < -0.3 is 10.1 Å². The predicted molar refractivity (Wildman–Crippen MR) is 101 cm³/mol. The van der Waals surface area contributed by atoms with Gasteiger partial charge in [0.1, 0.15) is 11.6 Å². The maximum Gasteiger partial charge on any atom is 0.229 e. The number of nitrogens with one attached hydrogen (secondary N) is 2. The van der Waals surface area contributed by atoms with E-state index in [4.69, 9.17) is 4.74 Å². The summed E-state index contributed by atoms with van der Waals surface area (Å²) >= 11 is 0. The third-order valence-electron chi connectivity index (χ3n) is 5.81. The maximum absolute atomic E-state index is 13.2. The van der Waals surface area contributed by atoms with Crippen LogP contribution < -0.4 is 5.32 Å². The number of anilines is 1. The second kappa shape index (κ2) is 8.39. The smallest absolute Gasteiger partial charge is 0.229 e. The molecule has 1 aromatic carbocycles. The van der Waals surface area contributed by atoms with E-state index in [1.165, 1.54) is 12.8 Å². The van der Waals surface area contributed by atoms with Gasteiger partial charge in [-0.1, -0.05) is 0 Å². The van der Waals surface area contributed by atoms with Gasteiger partial charge in [0.15, 0.2) is 5.82 Å². The fourth-order valence-electron chi connectivity index (χ4n) is 4.47. The predicted octanol–water partition coefficient (Wildman–Crippen LogP) is 4.32. The van der Waals surface area contributed by atoms with Crippen LogP contribution in [0.25, 0.3) is 0 Å². The minimum Gasteiger partial charge on any atom is -0.378 e. The molecule has 3 atom stereocenters. The first-order chi connectivity index (χ1) is 13.6. The lowest BCUT2D eigenvalue weighted by Gasteiger charge is -2.27. The molecular weight excluding hydrogens is 364 g/mol. The van der Waals surface area contributed by atoms with Crippen LogP contribution in [0.4, 0.5) is 14.6 Å². The second-order valence-corrected chi connectivity index (χ2v) is 7.89. The zero-order valence-corrected chi connectivity index (χ0v) is 15.7. The molecule has 2 heterocycles. The van der Waals surface area contributed by atoms with Gasteiger partial charge in [0, 0.05) is 30.4 Å². The molecule has 28 heavy (non-hydrogen) atoms. The van der Waals surface area contributed by atoms with Crippen LogP contribution in [0.2, 0.25) is 0 Å². The lowest BCUT2D eigenvalue weighted by Crippen LogP contribution is -2.26. The fourth-order valence-corrected chi connectivity index (χ4v) is 4.47. The SMILES string of the molecule is O=C(Cc1cc(F)cc(F)c1)Nc1cc(C2CCC(C3CCCCO3)C2)[nH]n1. The van der Waals surface area contributed by atoms with Gasteiger partial charge in [0.2, 0.25) is 5.91 Å². The molecule has 7 heteroatoms. The van der Waals surface area contributed by atoms with E-state index < -0.39 is 11.6 Å². The number of H-pyrrole nitrogens is 1. The van der Waals surface area contributed by atoms with E-state index >= 15 is 0 Å². The van der Waals surface area contributed by atoms with Crippen molar-refractivity contribution in [2.45, 2.75) is 57.0 Å². The van der Waals surface area contributed by atoms with Gasteiger partial charge in [0.05, 0.1) is 12.5 Å². The number of carbonyl (C=O) groups is 1. The lowest BCUT2D eigenvalue weighted by atomic mass is 9.93. The van der Waals surface area contributed by atoms with Gasteiger partial charge in [-0.2, -0.15) is 5.10 Å². The minimum atomic E-state index is -0.692. The molecular formula is C21H25F2N3O2. The van der Waals surface area contributed by atoms with E-state index in [1.54, 1.807) is 0 Å². The van der Waals surface area contributed by atoms with E-state index in [9.17, 15) is 13.6 Å². The molecule has 1 saturated heterocycles. The van der Waals surface area contributed by atoms with Crippen LogP contribution in [-0.4, -0.2) is 28.8 Å². The summed E-state index contributed by atoms with van der Waals surface area (Å²) in [6.45, 7) is 0.876. The number of aromatic nitrogens is 2. The number of halogens is 2. The molecule has 2 aliphatic rings. The highest BCUT2D eigenvalue weighted by atomic mass is 19.1. The summed E-state index contributed by atoms with van der Waals surface area (Å²) in [5, 5.41) is 9.91. The molecule has 5 nitrogen and oxygen atoms in total. The van der Waals surface area contributed by atoms with Crippen LogP contribution in [0.3, 0.4) is 0 Å². The van der Waals surface area contributed by atoms with Crippen LogP contribution in [0.5, 0.6) is 0 Å². The summed E-state index contributed by atoms with van der Waals surface area (Å²) < 4.78 is 32.4. The molecule has 2 aromatic rings. The fraction of sp³-hybridized carbons (Fsp3) is 0.524. The molecule has 4 rings (SSSR count). The summed E-state index contributed by atoms with van der Waals surface area (Å²) in [5.41, 5.74) is 1.31. The van der Waals surface area contributed by atoms with E-state index in [0.717, 1.165) is 56.2 Å². The normalized spacial score (nSPS) is 25.0. The zero-order chi connectivity index (χ0) is 19.5. The van der Waals surface area contributed by atoms with E-state index in [2.05, 4.69) is 15.5 Å². The molecule has 1 aliphatic heterocycles. The van der Waals surface area contributed by atoms with Gasteiger partial charge in [-0.3, -0.25) is 9.89 Å². The third kappa shape index (κ3) is 4.58. The Bertz CT molecular complexity index is 813. The van der Waals surface area contributed by atoms with Gasteiger partial charge in [0.25, 0.3) is 0 Å². The Hall–Kier alpha value is -2.28. The monoisotopic (exact) mass is 389 g/mol. The highest BCUT2D eigenvalue weighted by Gasteiger charge is 2.33. The first-order valence-electron chi connectivity index (χ1n) is 9.98. The Morgan fingerprint density at radius 2 is 1.96 bits per heavy atom. The largest absolute Gasteiger partial charge is 0.378 e. The van der Waals surface area contributed by atoms with Crippen molar-refractivity contribution in [1.82, 2.24) is 10.2 Å². The topological polar surface area (TPSA) is 67.0 Å². The van der Waals surface area contributed by atoms with Crippen molar-refractivity contribution in [1.29, 1.82) is 0 Å². The van der Waals surface area contributed by atoms with Crippen molar-refractivity contribution in [2.24, 2.45) is 5.92 Å². The highest BCUT2D eigenvalue weighted by Crippen LogP contribution is 2.42. The first-order valence-corrected chi connectivity index (χ1v) is 9.98. The van der Waals surface area contributed by atoms with Crippen LogP contribution >= 0.6 is 0 Å². The minimum absolute atomic E-state index is 0.110. The Morgan fingerprint density at radius 3 is 2.71 bits per heavy atom. The molecule has 1 aliphatic carbocycles. The Labute approximate surface area is 162 Å². The number of ether oxygens (including phenoxy) is 1. The molecule has 3 unspecified atom stereocenters. The van der Waals surface area contributed by atoms with Crippen LogP contribution in [0.1, 0.15) is 55.7 Å². The Balaban J connectivity index is 1.32. The standard InChI is InChI=1S/C21H25F2N3O2/c22-16-7-13(8-17(23)11-16)9-21(27)24-20-12-18(25-26-20)14-4-5-15(10-14)19-3-1-2-6-28-19/h7-8,11-12,14-15,19H,1-6,9-10H2,(H2,24,25,26,27). The summed E-state index contributed by atoms with van der Waals surface area (Å²) in [4.78, 5) is 12.2. The zero-order valence-electron chi connectivity index (χ0n) is 15.7. The summed E-state index contributed by atoms with van der Waals surface area (Å²) in [6.07, 6.45) is 7.16. The van der Waals surface area contributed by atoms with Crippen molar-refractivity contribution >= 4 is 11.7 Å². The Kier molecular flexibility index (Phi) is 5.71. The molecule has 2 N–H and O–H groups in total. The number of benzene rings is 1. The van der Waals surface area contributed by atoms with Gasteiger partial charge in [-0.05, 0) is 62.1 Å². The van der Waals surface area contributed by atoms with Crippen LogP contribution in [0.15, 0.2) is 24.3 Å². The van der Waals surface area contributed by atoms with Crippen molar-refractivity contribution < 1.29 is 18.3 Å². The molecule has 0 bridgehead atoms. The lowest BCUT2D eigenvalue weighted by molar-refractivity contribution is -0.115. The number of aromatic amines is 1.